The van der Waals surface area contributed by atoms with Crippen LogP contribution < -0.4 is 5.32 Å². The van der Waals surface area contributed by atoms with Gasteiger partial charge in [-0.25, -0.2) is 8.42 Å². The van der Waals surface area contributed by atoms with E-state index in [-0.39, 0.29) is 22.6 Å². The van der Waals surface area contributed by atoms with E-state index in [9.17, 15) is 18.0 Å². The van der Waals surface area contributed by atoms with Gasteiger partial charge in [-0.15, -0.1) is 0 Å². The second-order valence-electron chi connectivity index (χ2n) is 8.68. The van der Waals surface area contributed by atoms with Crippen LogP contribution >= 0.6 is 11.6 Å². The smallest absolute Gasteiger partial charge is 0.247 e. The van der Waals surface area contributed by atoms with Crippen LogP contribution in [0.25, 0.3) is 0 Å². The molecule has 4 rings (SSSR count). The van der Waals surface area contributed by atoms with Gasteiger partial charge < -0.3 is 10.2 Å². The minimum atomic E-state index is -3.58. The standard InChI is InChI=1S/C24H28ClN3O4S/c1-17-7-9-21(10-8-17)33(31,32)27-14-11-18(12-15-27)24(30)28-13-3-6-22(28)23(29)26-20-5-2-4-19(25)16-20/h2,4-5,7-10,16,18,22H,3,6,11-15H2,1H3,(H,26,29). The Morgan fingerprint density at radius 1 is 1.00 bits per heavy atom. The van der Waals surface area contributed by atoms with Gasteiger partial charge in [0.2, 0.25) is 21.8 Å². The van der Waals surface area contributed by atoms with Crippen molar-refractivity contribution in [3.05, 3.63) is 59.1 Å². The van der Waals surface area contributed by atoms with Crippen LogP contribution in [0.5, 0.6) is 0 Å². The molecule has 2 saturated heterocycles. The van der Waals surface area contributed by atoms with Crippen LogP contribution in [0.4, 0.5) is 5.69 Å². The number of sulfonamides is 1. The molecule has 33 heavy (non-hydrogen) atoms. The van der Waals surface area contributed by atoms with Crippen LogP contribution in [0.2, 0.25) is 5.02 Å². The van der Waals surface area contributed by atoms with Gasteiger partial charge >= 0.3 is 0 Å². The molecule has 2 heterocycles. The number of piperidine rings is 1. The molecule has 2 amide bonds. The highest BCUT2D eigenvalue weighted by atomic mass is 35.5. The maximum atomic E-state index is 13.2. The average molecular weight is 490 g/mol. The molecule has 0 saturated carbocycles. The summed E-state index contributed by atoms with van der Waals surface area (Å²) in [5.41, 5.74) is 1.60. The van der Waals surface area contributed by atoms with Crippen LogP contribution in [0, 0.1) is 12.8 Å². The van der Waals surface area contributed by atoms with E-state index in [4.69, 9.17) is 11.6 Å². The van der Waals surface area contributed by atoms with E-state index in [1.807, 2.05) is 6.92 Å². The summed E-state index contributed by atoms with van der Waals surface area (Å²) in [6.45, 7) is 3.03. The molecule has 2 aliphatic rings. The van der Waals surface area contributed by atoms with Crippen LogP contribution in [-0.2, 0) is 19.6 Å². The highest BCUT2D eigenvalue weighted by Crippen LogP contribution is 2.29. The highest BCUT2D eigenvalue weighted by molar-refractivity contribution is 7.89. The number of carbonyl (C=O) groups is 2. The van der Waals surface area contributed by atoms with Gasteiger partial charge in [-0.2, -0.15) is 4.31 Å². The molecule has 1 N–H and O–H groups in total. The lowest BCUT2D eigenvalue weighted by Gasteiger charge is -2.34. The van der Waals surface area contributed by atoms with Gasteiger partial charge in [-0.1, -0.05) is 35.4 Å². The van der Waals surface area contributed by atoms with Gasteiger partial charge in [-0.3, -0.25) is 9.59 Å². The number of hydrogen-bond acceptors (Lipinski definition) is 4. The number of hydrogen-bond donors (Lipinski definition) is 1. The summed E-state index contributed by atoms with van der Waals surface area (Å²) in [7, 11) is -3.58. The van der Waals surface area contributed by atoms with Crippen molar-refractivity contribution in [2.75, 3.05) is 25.0 Å². The molecule has 9 heteroatoms. The van der Waals surface area contributed by atoms with Crippen LogP contribution in [-0.4, -0.2) is 55.1 Å². The van der Waals surface area contributed by atoms with Gasteiger partial charge in [0.15, 0.2) is 0 Å². The Morgan fingerprint density at radius 2 is 1.70 bits per heavy atom. The molecule has 1 unspecified atom stereocenters. The Labute approximate surface area is 199 Å². The topological polar surface area (TPSA) is 86.8 Å². The summed E-state index contributed by atoms with van der Waals surface area (Å²) in [5, 5.41) is 3.38. The number of nitrogens with one attached hydrogen (secondary N) is 1. The van der Waals surface area contributed by atoms with Gasteiger partial charge in [0.05, 0.1) is 4.90 Å². The Bertz CT molecular complexity index is 1130. The van der Waals surface area contributed by atoms with Gasteiger partial charge in [-0.05, 0) is 62.9 Å². The number of likely N-dealkylation sites (tertiary alicyclic amines) is 1. The van der Waals surface area contributed by atoms with Crippen LogP contribution in [0.15, 0.2) is 53.4 Å². The number of benzene rings is 2. The molecule has 1 atom stereocenters. The van der Waals surface area contributed by atoms with E-state index < -0.39 is 16.1 Å². The molecule has 176 valence electrons. The Hall–Kier alpha value is -2.42. The molecule has 0 aliphatic carbocycles. The number of anilines is 1. The highest BCUT2D eigenvalue weighted by Gasteiger charge is 2.39. The maximum absolute atomic E-state index is 13.2. The minimum absolute atomic E-state index is 0.0638. The largest absolute Gasteiger partial charge is 0.330 e. The van der Waals surface area contributed by atoms with Crippen molar-refractivity contribution in [1.82, 2.24) is 9.21 Å². The lowest BCUT2D eigenvalue weighted by Crippen LogP contribution is -2.48. The van der Waals surface area contributed by atoms with E-state index in [2.05, 4.69) is 5.32 Å². The van der Waals surface area contributed by atoms with Crippen molar-refractivity contribution < 1.29 is 18.0 Å². The number of amides is 2. The third-order valence-electron chi connectivity index (χ3n) is 6.39. The van der Waals surface area contributed by atoms with E-state index in [1.54, 1.807) is 53.4 Å². The first-order chi connectivity index (χ1) is 15.8. The fourth-order valence-electron chi connectivity index (χ4n) is 4.53. The van der Waals surface area contributed by atoms with Crippen molar-refractivity contribution in [1.29, 1.82) is 0 Å². The SMILES string of the molecule is Cc1ccc(S(=O)(=O)N2CCC(C(=O)N3CCCC3C(=O)Nc3cccc(Cl)c3)CC2)cc1. The zero-order chi connectivity index (χ0) is 23.6. The van der Waals surface area contributed by atoms with Crippen molar-refractivity contribution in [3.63, 3.8) is 0 Å². The van der Waals surface area contributed by atoms with Crippen LogP contribution in [0.1, 0.15) is 31.2 Å². The summed E-state index contributed by atoms with van der Waals surface area (Å²) in [5.74, 6) is -0.567. The Morgan fingerprint density at radius 3 is 2.36 bits per heavy atom. The fourth-order valence-corrected chi connectivity index (χ4v) is 6.19. The molecule has 0 radical (unpaired) electrons. The van der Waals surface area contributed by atoms with E-state index >= 15 is 0 Å². The van der Waals surface area contributed by atoms with Gasteiger partial charge in [0.25, 0.3) is 0 Å². The average Bonchev–Trinajstić information content (AvgIpc) is 3.29. The monoisotopic (exact) mass is 489 g/mol. The quantitative estimate of drug-likeness (QED) is 0.694. The second-order valence-corrected chi connectivity index (χ2v) is 11.1. The minimum Gasteiger partial charge on any atom is -0.330 e. The number of rotatable bonds is 5. The van der Waals surface area contributed by atoms with E-state index in [1.165, 1.54) is 4.31 Å². The van der Waals surface area contributed by atoms with Gasteiger partial charge in [0.1, 0.15) is 6.04 Å². The normalized spacial score (nSPS) is 20.1. The molecule has 0 aromatic heterocycles. The summed E-state index contributed by atoms with van der Waals surface area (Å²) < 4.78 is 27.3. The second kappa shape index (κ2) is 9.83. The first-order valence-corrected chi connectivity index (χ1v) is 13.0. The van der Waals surface area contributed by atoms with Gasteiger partial charge in [0, 0.05) is 36.3 Å². The zero-order valence-electron chi connectivity index (χ0n) is 18.5. The van der Waals surface area contributed by atoms with E-state index in [0.29, 0.717) is 49.6 Å². The molecule has 0 spiro atoms. The summed E-state index contributed by atoms with van der Waals surface area (Å²) >= 11 is 6.00. The predicted octanol–water partition coefficient (Wildman–Crippen LogP) is 3.68. The molecule has 0 bridgehead atoms. The van der Waals surface area contributed by atoms with E-state index in [0.717, 1.165) is 12.0 Å². The number of nitrogens with zero attached hydrogens (tertiary/aromatic N) is 2. The molecule has 2 aromatic rings. The molecule has 2 aliphatic heterocycles. The summed E-state index contributed by atoms with van der Waals surface area (Å²) in [6, 6.07) is 13.2. The predicted molar refractivity (Wildman–Crippen MR) is 127 cm³/mol. The number of aryl methyl sites for hydroxylation is 1. The lowest BCUT2D eigenvalue weighted by atomic mass is 9.96. The van der Waals surface area contributed by atoms with Crippen LogP contribution in [0.3, 0.4) is 0 Å². The molecular weight excluding hydrogens is 462 g/mol. The maximum Gasteiger partial charge on any atom is 0.247 e. The number of carbonyl (C=O) groups excluding carboxylic acids is 2. The Kier molecular flexibility index (Phi) is 7.07. The number of halogens is 1. The lowest BCUT2D eigenvalue weighted by molar-refractivity contribution is -0.141. The third kappa shape index (κ3) is 5.23. The third-order valence-corrected chi connectivity index (χ3v) is 8.54. The van der Waals surface area contributed by atoms with Crippen molar-refractivity contribution in [2.24, 2.45) is 5.92 Å². The summed E-state index contributed by atoms with van der Waals surface area (Å²) in [6.07, 6.45) is 2.27. The molecule has 2 fully saturated rings. The first-order valence-electron chi connectivity index (χ1n) is 11.2. The first kappa shape index (κ1) is 23.7. The Balaban J connectivity index is 1.37. The fraction of sp³-hybridized carbons (Fsp3) is 0.417. The van der Waals surface area contributed by atoms with Crippen molar-refractivity contribution >= 4 is 39.1 Å². The van der Waals surface area contributed by atoms with Crippen molar-refractivity contribution in [3.8, 4) is 0 Å². The molecular formula is C24H28ClN3O4S. The molecule has 7 nitrogen and oxygen atoms in total. The molecule has 2 aromatic carbocycles. The summed E-state index contributed by atoms with van der Waals surface area (Å²) in [4.78, 5) is 28.0. The zero-order valence-corrected chi connectivity index (χ0v) is 20.1. The van der Waals surface area contributed by atoms with Crippen molar-refractivity contribution in [2.45, 2.75) is 43.5 Å².